The van der Waals surface area contributed by atoms with Crippen LogP contribution >= 0.6 is 0 Å². The van der Waals surface area contributed by atoms with Crippen molar-refractivity contribution in [3.63, 3.8) is 0 Å². The molecule has 8 nitrogen and oxygen atoms in total. The zero-order chi connectivity index (χ0) is 17.7. The van der Waals surface area contributed by atoms with E-state index in [4.69, 9.17) is 9.47 Å². The van der Waals surface area contributed by atoms with E-state index in [0.717, 1.165) is 0 Å². The van der Waals surface area contributed by atoms with Crippen molar-refractivity contribution >= 4 is 12.2 Å². The van der Waals surface area contributed by atoms with Crippen molar-refractivity contribution in [3.05, 3.63) is 39.8 Å². The van der Waals surface area contributed by atoms with Crippen molar-refractivity contribution in [1.29, 1.82) is 0 Å². The van der Waals surface area contributed by atoms with Gasteiger partial charge < -0.3 is 9.47 Å². The molecule has 0 aliphatic carbocycles. The largest absolute Gasteiger partial charge is 0.493 e. The van der Waals surface area contributed by atoms with E-state index >= 15 is 0 Å². The molecule has 1 heterocycles. The van der Waals surface area contributed by atoms with Crippen LogP contribution in [0.3, 0.4) is 0 Å². The Morgan fingerprint density at radius 2 is 1.96 bits per heavy atom. The molecule has 128 valence electrons. The normalized spacial score (nSPS) is 11.5. The first-order valence-corrected chi connectivity index (χ1v) is 7.34. The highest BCUT2D eigenvalue weighted by Gasteiger charge is 2.20. The van der Waals surface area contributed by atoms with Gasteiger partial charge in [-0.1, -0.05) is 26.8 Å². The minimum absolute atomic E-state index is 0.158. The fraction of sp³-hybridized carbons (Fsp3) is 0.375. The average Bonchev–Trinajstić information content (AvgIpc) is 2.53. The van der Waals surface area contributed by atoms with Crippen LogP contribution in [0.25, 0.3) is 0 Å². The molecule has 0 bridgehead atoms. The summed E-state index contributed by atoms with van der Waals surface area (Å²) >= 11 is 0. The third-order valence-corrected chi connectivity index (χ3v) is 3.21. The lowest BCUT2D eigenvalue weighted by Crippen LogP contribution is -2.28. The van der Waals surface area contributed by atoms with Gasteiger partial charge in [-0.25, -0.2) is 5.43 Å². The van der Waals surface area contributed by atoms with Crippen LogP contribution < -0.4 is 20.5 Å². The van der Waals surface area contributed by atoms with E-state index < -0.39 is 0 Å². The molecular formula is C16H21N5O3. The molecule has 24 heavy (non-hydrogen) atoms. The summed E-state index contributed by atoms with van der Waals surface area (Å²) in [6.45, 7) is 5.69. The highest BCUT2D eigenvalue weighted by molar-refractivity contribution is 5.85. The molecule has 0 aliphatic heterocycles. The van der Waals surface area contributed by atoms with E-state index in [-0.39, 0.29) is 16.9 Å². The number of para-hydroxylation sites is 1. The lowest BCUT2D eigenvalue weighted by atomic mass is 9.93. The van der Waals surface area contributed by atoms with Gasteiger partial charge in [0.05, 0.1) is 20.4 Å². The molecule has 2 N–H and O–H groups in total. The molecule has 1 aromatic heterocycles. The van der Waals surface area contributed by atoms with Crippen LogP contribution in [-0.4, -0.2) is 35.6 Å². The van der Waals surface area contributed by atoms with Crippen LogP contribution in [0.4, 0.5) is 5.95 Å². The number of hydrogen-bond acceptors (Lipinski definition) is 7. The van der Waals surface area contributed by atoms with E-state index in [2.05, 4.69) is 25.7 Å². The second-order valence-electron chi connectivity index (χ2n) is 6.05. The van der Waals surface area contributed by atoms with E-state index in [1.54, 1.807) is 26.5 Å². The molecule has 2 aromatic rings. The summed E-state index contributed by atoms with van der Waals surface area (Å²) in [5, 5.41) is 11.9. The first kappa shape index (κ1) is 17.5. The fourth-order valence-electron chi connectivity index (χ4n) is 2.05. The first-order valence-electron chi connectivity index (χ1n) is 7.34. The van der Waals surface area contributed by atoms with Gasteiger partial charge >= 0.3 is 0 Å². The molecule has 2 rings (SSSR count). The zero-order valence-corrected chi connectivity index (χ0v) is 14.4. The molecule has 0 spiro atoms. The van der Waals surface area contributed by atoms with E-state index in [1.807, 2.05) is 32.9 Å². The van der Waals surface area contributed by atoms with Crippen LogP contribution in [0.1, 0.15) is 32.0 Å². The molecule has 0 saturated heterocycles. The van der Waals surface area contributed by atoms with E-state index in [9.17, 15) is 4.79 Å². The number of nitrogens with one attached hydrogen (secondary N) is 2. The Hall–Kier alpha value is -2.90. The van der Waals surface area contributed by atoms with Gasteiger partial charge in [0, 0.05) is 11.0 Å². The summed E-state index contributed by atoms with van der Waals surface area (Å²) in [5.74, 6) is 1.32. The Bertz CT molecular complexity index is 793. The molecular weight excluding hydrogens is 310 g/mol. The third-order valence-electron chi connectivity index (χ3n) is 3.21. The number of ether oxygens (including phenoxy) is 2. The average molecular weight is 331 g/mol. The Kier molecular flexibility index (Phi) is 5.18. The Morgan fingerprint density at radius 3 is 2.54 bits per heavy atom. The zero-order valence-electron chi connectivity index (χ0n) is 14.4. The summed E-state index contributed by atoms with van der Waals surface area (Å²) in [6, 6.07) is 5.43. The molecule has 0 saturated carbocycles. The molecule has 0 atom stereocenters. The van der Waals surface area contributed by atoms with Crippen molar-refractivity contribution in [2.24, 2.45) is 5.10 Å². The SMILES string of the molecule is COc1cccc(/C=N/Nc2nnc(C(C)(C)C)c(=O)[nH]2)c1OC. The first-order chi connectivity index (χ1) is 11.4. The van der Waals surface area contributed by atoms with Gasteiger partial charge in [0.2, 0.25) is 5.95 Å². The van der Waals surface area contributed by atoms with E-state index in [0.29, 0.717) is 22.8 Å². The summed E-state index contributed by atoms with van der Waals surface area (Å²) in [6.07, 6.45) is 1.54. The fourth-order valence-corrected chi connectivity index (χ4v) is 2.05. The Labute approximate surface area is 139 Å². The number of hydrogen-bond donors (Lipinski definition) is 2. The second kappa shape index (κ2) is 7.12. The number of aromatic nitrogens is 3. The van der Waals surface area contributed by atoms with Crippen molar-refractivity contribution in [2.75, 3.05) is 19.6 Å². The third kappa shape index (κ3) is 3.89. The molecule has 0 radical (unpaired) electrons. The van der Waals surface area contributed by atoms with Gasteiger partial charge in [-0.3, -0.25) is 9.78 Å². The number of nitrogens with zero attached hydrogens (tertiary/aromatic N) is 3. The molecule has 1 aromatic carbocycles. The number of rotatable bonds is 5. The monoisotopic (exact) mass is 331 g/mol. The summed E-state index contributed by atoms with van der Waals surface area (Å²) in [4.78, 5) is 14.6. The number of aromatic amines is 1. The minimum Gasteiger partial charge on any atom is -0.493 e. The number of anilines is 1. The van der Waals surface area contributed by atoms with Crippen LogP contribution in [0.15, 0.2) is 28.1 Å². The van der Waals surface area contributed by atoms with E-state index in [1.165, 1.54) is 0 Å². The second-order valence-corrected chi connectivity index (χ2v) is 6.05. The maximum absolute atomic E-state index is 12.0. The highest BCUT2D eigenvalue weighted by atomic mass is 16.5. The van der Waals surface area contributed by atoms with Gasteiger partial charge in [0.25, 0.3) is 5.56 Å². The van der Waals surface area contributed by atoms with Gasteiger partial charge in [0.15, 0.2) is 11.5 Å². The molecule has 8 heteroatoms. The molecule has 0 unspecified atom stereocenters. The molecule has 0 fully saturated rings. The van der Waals surface area contributed by atoms with Crippen molar-refractivity contribution < 1.29 is 9.47 Å². The number of hydrazone groups is 1. The predicted octanol–water partition coefficient (Wildman–Crippen LogP) is 1.93. The van der Waals surface area contributed by atoms with Crippen LogP contribution in [-0.2, 0) is 5.41 Å². The summed E-state index contributed by atoms with van der Waals surface area (Å²) in [5.41, 5.74) is 3.05. The van der Waals surface area contributed by atoms with Crippen LogP contribution in [0.2, 0.25) is 0 Å². The Balaban J connectivity index is 2.18. The van der Waals surface area contributed by atoms with Crippen LogP contribution in [0.5, 0.6) is 11.5 Å². The number of H-pyrrole nitrogens is 1. The predicted molar refractivity (Wildman–Crippen MR) is 92.1 cm³/mol. The standard InChI is InChI=1S/C16H21N5O3/c1-16(2,3)13-14(22)18-15(21-19-13)20-17-9-10-7-6-8-11(23-4)12(10)24-5/h6-9H,1-5H3,(H2,18,20,21,22)/b17-9+. The van der Waals surface area contributed by atoms with Crippen LogP contribution in [0, 0.1) is 0 Å². The molecule has 0 amide bonds. The van der Waals surface area contributed by atoms with Crippen molar-refractivity contribution in [3.8, 4) is 11.5 Å². The van der Waals surface area contributed by atoms with Gasteiger partial charge in [0.1, 0.15) is 5.69 Å². The lowest BCUT2D eigenvalue weighted by molar-refractivity contribution is 0.354. The number of benzene rings is 1. The van der Waals surface area contributed by atoms with Gasteiger partial charge in [-0.2, -0.15) is 5.10 Å². The minimum atomic E-state index is -0.379. The number of methoxy groups -OCH3 is 2. The summed E-state index contributed by atoms with van der Waals surface area (Å²) in [7, 11) is 3.12. The van der Waals surface area contributed by atoms with Crippen molar-refractivity contribution in [1.82, 2.24) is 15.2 Å². The smallest absolute Gasteiger partial charge is 0.274 e. The lowest BCUT2D eigenvalue weighted by Gasteiger charge is -2.15. The maximum atomic E-state index is 12.0. The highest BCUT2D eigenvalue weighted by Crippen LogP contribution is 2.29. The maximum Gasteiger partial charge on any atom is 0.274 e. The van der Waals surface area contributed by atoms with Gasteiger partial charge in [-0.15, -0.1) is 10.2 Å². The molecule has 0 aliphatic rings. The summed E-state index contributed by atoms with van der Waals surface area (Å²) < 4.78 is 10.5. The van der Waals surface area contributed by atoms with Crippen molar-refractivity contribution in [2.45, 2.75) is 26.2 Å². The topological polar surface area (TPSA) is 101 Å². The Morgan fingerprint density at radius 1 is 1.21 bits per heavy atom. The quantitative estimate of drug-likeness (QED) is 0.641. The van der Waals surface area contributed by atoms with Gasteiger partial charge in [-0.05, 0) is 12.1 Å².